The number of ether oxygens (including phenoxy) is 1. The van der Waals surface area contributed by atoms with E-state index >= 15 is 0 Å². The number of fused-ring (bicyclic) bond motifs is 1. The van der Waals surface area contributed by atoms with Crippen molar-refractivity contribution in [3.8, 4) is 5.75 Å². The maximum atomic E-state index is 13.3. The Labute approximate surface area is 145 Å². The smallest absolute Gasteiger partial charge is 0.267 e. The summed E-state index contributed by atoms with van der Waals surface area (Å²) in [4.78, 5) is 12.7. The van der Waals surface area contributed by atoms with Crippen LogP contribution in [-0.4, -0.2) is 13.0 Å². The maximum Gasteiger partial charge on any atom is 0.267 e. The normalized spacial score (nSPS) is 10.8. The van der Waals surface area contributed by atoms with Gasteiger partial charge in [0.1, 0.15) is 16.4 Å². The van der Waals surface area contributed by atoms with Gasteiger partial charge in [-0.3, -0.25) is 4.79 Å². The largest absolute Gasteiger partial charge is 0.495 e. The fourth-order valence-electron chi connectivity index (χ4n) is 2.12. The number of benzene rings is 2. The fourth-order valence-corrected chi connectivity index (χ4v) is 3.81. The van der Waals surface area contributed by atoms with Crippen molar-refractivity contribution in [3.05, 3.63) is 57.1 Å². The molecule has 0 aliphatic carbocycles. The lowest BCUT2D eigenvalue weighted by atomic mass is 10.2. The molecular formula is C16H10Cl2FNO2S. The van der Waals surface area contributed by atoms with Crippen molar-refractivity contribution in [2.24, 2.45) is 0 Å². The Hall–Kier alpha value is -1.82. The van der Waals surface area contributed by atoms with Crippen LogP contribution in [0.15, 0.2) is 36.4 Å². The van der Waals surface area contributed by atoms with E-state index in [-0.39, 0.29) is 11.7 Å². The molecule has 2 aromatic carbocycles. The Bertz CT molecular complexity index is 910. The first-order valence-corrected chi connectivity index (χ1v) is 8.09. The molecule has 3 aromatic rings. The lowest BCUT2D eigenvalue weighted by Gasteiger charge is -2.07. The van der Waals surface area contributed by atoms with Crippen LogP contribution in [0, 0.1) is 5.82 Å². The van der Waals surface area contributed by atoms with E-state index in [1.807, 2.05) is 0 Å². The zero-order valence-corrected chi connectivity index (χ0v) is 14.2. The van der Waals surface area contributed by atoms with Crippen molar-refractivity contribution < 1.29 is 13.9 Å². The van der Waals surface area contributed by atoms with Crippen LogP contribution < -0.4 is 10.1 Å². The second-order valence-corrected chi connectivity index (χ2v) is 6.53. The Balaban J connectivity index is 1.91. The Morgan fingerprint density at radius 3 is 2.70 bits per heavy atom. The summed E-state index contributed by atoms with van der Waals surface area (Å²) in [6.07, 6.45) is 0. The van der Waals surface area contributed by atoms with E-state index in [0.717, 1.165) is 11.3 Å². The Kier molecular flexibility index (Phi) is 4.43. The zero-order chi connectivity index (χ0) is 16.6. The number of carbonyl (C=O) groups excluding carboxylic acids is 1. The molecule has 3 rings (SSSR count). The lowest BCUT2D eigenvalue weighted by molar-refractivity contribution is 0.103. The molecule has 7 heteroatoms. The molecule has 1 aromatic heterocycles. The molecule has 0 aliphatic rings. The van der Waals surface area contributed by atoms with Gasteiger partial charge in [0.25, 0.3) is 5.91 Å². The summed E-state index contributed by atoms with van der Waals surface area (Å²) in [5, 5.41) is 4.06. The van der Waals surface area contributed by atoms with Gasteiger partial charge in [0.05, 0.1) is 17.2 Å². The topological polar surface area (TPSA) is 38.3 Å². The number of methoxy groups -OCH3 is 1. The monoisotopic (exact) mass is 369 g/mol. The van der Waals surface area contributed by atoms with Gasteiger partial charge in [-0.1, -0.05) is 23.2 Å². The van der Waals surface area contributed by atoms with Gasteiger partial charge in [-0.15, -0.1) is 11.3 Å². The van der Waals surface area contributed by atoms with E-state index in [1.54, 1.807) is 24.3 Å². The number of nitrogens with one attached hydrogen (secondary N) is 1. The van der Waals surface area contributed by atoms with Gasteiger partial charge in [0.15, 0.2) is 0 Å². The summed E-state index contributed by atoms with van der Waals surface area (Å²) in [7, 11) is 1.51. The first-order chi connectivity index (χ1) is 11.0. The number of hydrogen-bond donors (Lipinski definition) is 1. The summed E-state index contributed by atoms with van der Waals surface area (Å²) in [5.41, 5.74) is 0.514. The number of carbonyl (C=O) groups is 1. The summed E-state index contributed by atoms with van der Waals surface area (Å²) in [6.45, 7) is 0. The SMILES string of the molecule is COc1ccc(NC(=O)c2sc3cc(F)ccc3c2Cl)cc1Cl. The minimum atomic E-state index is -0.377. The molecule has 0 spiro atoms. The van der Waals surface area contributed by atoms with Crippen LogP contribution >= 0.6 is 34.5 Å². The number of halogens is 3. The highest BCUT2D eigenvalue weighted by Gasteiger charge is 2.18. The predicted molar refractivity (Wildman–Crippen MR) is 92.8 cm³/mol. The van der Waals surface area contributed by atoms with Crippen LogP contribution in [0.4, 0.5) is 10.1 Å². The summed E-state index contributed by atoms with van der Waals surface area (Å²) < 4.78 is 19.0. The predicted octanol–water partition coefficient (Wildman–Crippen LogP) is 5.61. The molecule has 0 atom stereocenters. The minimum absolute atomic E-state index is 0.308. The van der Waals surface area contributed by atoms with Gasteiger partial charge in [-0.25, -0.2) is 4.39 Å². The Morgan fingerprint density at radius 2 is 2.00 bits per heavy atom. The average molecular weight is 370 g/mol. The highest BCUT2D eigenvalue weighted by molar-refractivity contribution is 7.21. The highest BCUT2D eigenvalue weighted by atomic mass is 35.5. The first-order valence-electron chi connectivity index (χ1n) is 6.52. The van der Waals surface area contributed by atoms with Crippen molar-refractivity contribution in [1.82, 2.24) is 0 Å². The van der Waals surface area contributed by atoms with E-state index in [4.69, 9.17) is 27.9 Å². The third-order valence-electron chi connectivity index (χ3n) is 3.21. The van der Waals surface area contributed by atoms with Gasteiger partial charge < -0.3 is 10.1 Å². The van der Waals surface area contributed by atoms with Crippen molar-refractivity contribution >= 4 is 56.2 Å². The van der Waals surface area contributed by atoms with E-state index in [0.29, 0.717) is 36.4 Å². The summed E-state index contributed by atoms with van der Waals surface area (Å²) in [5.74, 6) is -0.234. The number of hydrogen-bond acceptors (Lipinski definition) is 3. The van der Waals surface area contributed by atoms with E-state index in [1.165, 1.54) is 19.2 Å². The van der Waals surface area contributed by atoms with Crippen molar-refractivity contribution in [2.45, 2.75) is 0 Å². The maximum absolute atomic E-state index is 13.3. The van der Waals surface area contributed by atoms with Crippen molar-refractivity contribution in [1.29, 1.82) is 0 Å². The molecule has 0 unspecified atom stereocenters. The molecule has 0 aliphatic heterocycles. The molecule has 0 radical (unpaired) electrons. The number of rotatable bonds is 3. The summed E-state index contributed by atoms with van der Waals surface area (Å²) >= 11 is 13.4. The molecule has 0 saturated carbocycles. The molecule has 23 heavy (non-hydrogen) atoms. The van der Waals surface area contributed by atoms with Crippen molar-refractivity contribution in [3.63, 3.8) is 0 Å². The third-order valence-corrected chi connectivity index (χ3v) is 5.16. The lowest BCUT2D eigenvalue weighted by Crippen LogP contribution is -2.10. The van der Waals surface area contributed by atoms with E-state index in [2.05, 4.69) is 5.32 Å². The number of anilines is 1. The van der Waals surface area contributed by atoms with E-state index < -0.39 is 0 Å². The van der Waals surface area contributed by atoms with Gasteiger partial charge in [-0.05, 0) is 36.4 Å². The number of thiophene rings is 1. The second kappa shape index (κ2) is 6.35. The molecule has 0 saturated heterocycles. The minimum Gasteiger partial charge on any atom is -0.495 e. The first kappa shape index (κ1) is 16.1. The molecular weight excluding hydrogens is 360 g/mol. The zero-order valence-electron chi connectivity index (χ0n) is 11.8. The summed E-state index contributed by atoms with van der Waals surface area (Å²) in [6, 6.07) is 9.13. The van der Waals surface area contributed by atoms with Crippen LogP contribution in [0.3, 0.4) is 0 Å². The molecule has 1 N–H and O–H groups in total. The quantitative estimate of drug-likeness (QED) is 0.651. The number of amides is 1. The van der Waals surface area contributed by atoms with Crippen LogP contribution in [-0.2, 0) is 0 Å². The van der Waals surface area contributed by atoms with Crippen LogP contribution in [0.25, 0.3) is 10.1 Å². The highest BCUT2D eigenvalue weighted by Crippen LogP contribution is 2.36. The van der Waals surface area contributed by atoms with Gasteiger partial charge in [-0.2, -0.15) is 0 Å². The second-order valence-electron chi connectivity index (χ2n) is 4.69. The van der Waals surface area contributed by atoms with Crippen molar-refractivity contribution in [2.75, 3.05) is 12.4 Å². The fraction of sp³-hybridized carbons (Fsp3) is 0.0625. The van der Waals surface area contributed by atoms with Gasteiger partial charge in [0.2, 0.25) is 0 Å². The molecule has 1 heterocycles. The standard InChI is InChI=1S/C16H10Cl2FNO2S/c1-22-12-5-3-9(7-11(12)17)20-16(21)15-14(18)10-4-2-8(19)6-13(10)23-15/h2-7H,1H3,(H,20,21). The van der Waals surface area contributed by atoms with E-state index in [9.17, 15) is 9.18 Å². The van der Waals surface area contributed by atoms with Gasteiger partial charge >= 0.3 is 0 Å². The molecule has 1 amide bonds. The molecule has 118 valence electrons. The molecule has 0 bridgehead atoms. The molecule has 0 fully saturated rings. The average Bonchev–Trinajstić information content (AvgIpc) is 2.84. The molecule has 3 nitrogen and oxygen atoms in total. The van der Waals surface area contributed by atoms with Crippen LogP contribution in [0.2, 0.25) is 10.0 Å². The van der Waals surface area contributed by atoms with Crippen LogP contribution in [0.1, 0.15) is 9.67 Å². The van der Waals surface area contributed by atoms with Gasteiger partial charge in [0, 0.05) is 15.8 Å². The Morgan fingerprint density at radius 1 is 1.22 bits per heavy atom. The third kappa shape index (κ3) is 3.13. The van der Waals surface area contributed by atoms with Crippen LogP contribution in [0.5, 0.6) is 5.75 Å².